The molecule has 0 amide bonds. The van der Waals surface area contributed by atoms with Crippen molar-refractivity contribution >= 4 is 11.8 Å². The van der Waals surface area contributed by atoms with Crippen molar-refractivity contribution in [1.82, 2.24) is 0 Å². The second-order valence-corrected chi connectivity index (χ2v) is 14.3. The number of rotatable bonds is 3. The maximum atomic E-state index is 13.1. The van der Waals surface area contributed by atoms with Crippen molar-refractivity contribution in [2.45, 2.75) is 112 Å². The molecule has 0 heterocycles. The number of carbonyl (C=O) groups is 2. The highest BCUT2D eigenvalue weighted by atomic mass is 16.4. The van der Waals surface area contributed by atoms with Crippen molar-refractivity contribution in [3.63, 3.8) is 0 Å². The molecule has 5 rings (SSSR count). The number of Topliss-reactive ketones (excluding diaryl/α,β-unsaturated/α-hetero) is 1. The first-order valence-corrected chi connectivity index (χ1v) is 14.2. The van der Waals surface area contributed by atoms with Crippen LogP contribution in [-0.4, -0.2) is 16.9 Å². The van der Waals surface area contributed by atoms with Crippen LogP contribution < -0.4 is 0 Å². The molecular weight excluding hydrogens is 420 g/mol. The molecule has 0 aliphatic heterocycles. The first kappa shape index (κ1) is 24.6. The van der Waals surface area contributed by atoms with Crippen LogP contribution in [-0.2, 0) is 9.59 Å². The SMILES string of the molecule is C=C(C)[C@@H]1CC[C@]2(C(=O)O)CC[C@]3(C)C(CCC4[C@@]5(C)CCC(=O)[C@@](C)(CC)C5CC[C@]43C)C12. The van der Waals surface area contributed by atoms with Crippen molar-refractivity contribution in [3.8, 4) is 0 Å². The number of carbonyl (C=O) groups excluding carboxylic acids is 1. The topological polar surface area (TPSA) is 54.4 Å². The minimum absolute atomic E-state index is 0.162. The Labute approximate surface area is 207 Å². The van der Waals surface area contributed by atoms with E-state index in [-0.39, 0.29) is 27.6 Å². The van der Waals surface area contributed by atoms with E-state index in [1.54, 1.807) is 0 Å². The van der Waals surface area contributed by atoms with Crippen LogP contribution in [0.3, 0.4) is 0 Å². The van der Waals surface area contributed by atoms with Gasteiger partial charge in [0.1, 0.15) is 5.78 Å². The molecule has 0 aromatic heterocycles. The van der Waals surface area contributed by atoms with Gasteiger partial charge in [-0.15, -0.1) is 0 Å². The first-order valence-electron chi connectivity index (χ1n) is 14.2. The lowest BCUT2D eigenvalue weighted by molar-refractivity contribution is -0.236. The van der Waals surface area contributed by atoms with E-state index in [1.807, 2.05) is 0 Å². The number of hydrogen-bond donors (Lipinski definition) is 1. The maximum absolute atomic E-state index is 13.1. The van der Waals surface area contributed by atoms with Gasteiger partial charge in [0.05, 0.1) is 5.41 Å². The highest BCUT2D eigenvalue weighted by Crippen LogP contribution is 2.77. The van der Waals surface area contributed by atoms with Gasteiger partial charge in [-0.05, 0) is 117 Å². The van der Waals surface area contributed by atoms with E-state index in [4.69, 9.17) is 0 Å². The molecule has 3 nitrogen and oxygen atoms in total. The van der Waals surface area contributed by atoms with Crippen molar-refractivity contribution in [1.29, 1.82) is 0 Å². The fraction of sp³-hybridized carbons (Fsp3) is 0.871. The lowest BCUT2D eigenvalue weighted by Gasteiger charge is -2.72. The van der Waals surface area contributed by atoms with E-state index in [2.05, 4.69) is 48.1 Å². The quantitative estimate of drug-likeness (QED) is 0.432. The van der Waals surface area contributed by atoms with Gasteiger partial charge in [0, 0.05) is 11.8 Å². The summed E-state index contributed by atoms with van der Waals surface area (Å²) in [5, 5.41) is 10.5. The van der Waals surface area contributed by atoms with Gasteiger partial charge < -0.3 is 5.11 Å². The summed E-state index contributed by atoms with van der Waals surface area (Å²) in [6.07, 6.45) is 11.1. The molecule has 1 N–H and O–H groups in total. The van der Waals surface area contributed by atoms with Gasteiger partial charge in [-0.25, -0.2) is 0 Å². The first-order chi connectivity index (χ1) is 15.8. The Kier molecular flexibility index (Phi) is 5.38. The van der Waals surface area contributed by atoms with E-state index in [0.29, 0.717) is 29.5 Å². The molecule has 34 heavy (non-hydrogen) atoms. The monoisotopic (exact) mass is 468 g/mol. The second-order valence-electron chi connectivity index (χ2n) is 14.3. The Hall–Kier alpha value is -1.12. The zero-order valence-electron chi connectivity index (χ0n) is 22.6. The third kappa shape index (κ3) is 2.71. The average Bonchev–Trinajstić information content (AvgIpc) is 3.18. The Morgan fingerprint density at radius 2 is 1.65 bits per heavy atom. The van der Waals surface area contributed by atoms with E-state index >= 15 is 0 Å². The van der Waals surface area contributed by atoms with Gasteiger partial charge in [0.2, 0.25) is 0 Å². The van der Waals surface area contributed by atoms with Gasteiger partial charge in [-0.1, -0.05) is 46.8 Å². The minimum atomic E-state index is -0.546. The summed E-state index contributed by atoms with van der Waals surface area (Å²) in [6.45, 7) is 18.7. The van der Waals surface area contributed by atoms with Crippen LogP contribution >= 0.6 is 0 Å². The zero-order valence-corrected chi connectivity index (χ0v) is 22.6. The highest BCUT2D eigenvalue weighted by Gasteiger charge is 2.72. The molecule has 0 aromatic carbocycles. The van der Waals surface area contributed by atoms with Gasteiger partial charge in [0.15, 0.2) is 0 Å². The smallest absolute Gasteiger partial charge is 0.309 e. The number of ketones is 1. The molecule has 0 saturated heterocycles. The van der Waals surface area contributed by atoms with Crippen molar-refractivity contribution in [2.75, 3.05) is 0 Å². The summed E-state index contributed by atoms with van der Waals surface area (Å²) in [4.78, 5) is 25.9. The average molecular weight is 469 g/mol. The zero-order chi connectivity index (χ0) is 24.9. The Balaban J connectivity index is 1.57. The van der Waals surface area contributed by atoms with E-state index in [9.17, 15) is 14.7 Å². The number of aliphatic carboxylic acids is 1. The van der Waals surface area contributed by atoms with Crippen LogP contribution in [0.25, 0.3) is 0 Å². The molecule has 0 radical (unpaired) electrons. The third-order valence-electron chi connectivity index (χ3n) is 13.8. The predicted octanol–water partition coefficient (Wildman–Crippen LogP) is 7.69. The number of carboxylic acids is 1. The lowest BCUT2D eigenvalue weighted by Crippen LogP contribution is -2.67. The van der Waals surface area contributed by atoms with Crippen LogP contribution in [0, 0.1) is 56.7 Å². The third-order valence-corrected chi connectivity index (χ3v) is 13.8. The normalized spacial score (nSPS) is 54.4. The van der Waals surface area contributed by atoms with Gasteiger partial charge in [0.25, 0.3) is 0 Å². The summed E-state index contributed by atoms with van der Waals surface area (Å²) in [7, 11) is 0. The van der Waals surface area contributed by atoms with E-state index in [0.717, 1.165) is 57.8 Å². The van der Waals surface area contributed by atoms with Crippen molar-refractivity contribution in [3.05, 3.63) is 12.2 Å². The van der Waals surface area contributed by atoms with Crippen molar-refractivity contribution < 1.29 is 14.7 Å². The summed E-state index contributed by atoms with van der Waals surface area (Å²) >= 11 is 0. The molecule has 10 atom stereocenters. The molecule has 0 bridgehead atoms. The van der Waals surface area contributed by atoms with Crippen LogP contribution in [0.5, 0.6) is 0 Å². The van der Waals surface area contributed by atoms with Crippen molar-refractivity contribution in [2.24, 2.45) is 56.7 Å². The summed E-state index contributed by atoms with van der Waals surface area (Å²) < 4.78 is 0. The fourth-order valence-electron chi connectivity index (χ4n) is 11.6. The summed E-state index contributed by atoms with van der Waals surface area (Å²) in [5.41, 5.74) is 1.07. The lowest BCUT2D eigenvalue weighted by atomic mass is 9.32. The molecule has 0 spiro atoms. The minimum Gasteiger partial charge on any atom is -0.481 e. The molecule has 5 saturated carbocycles. The number of allylic oxidation sites excluding steroid dienone is 1. The summed E-state index contributed by atoms with van der Waals surface area (Å²) in [5.74, 6) is 2.12. The Morgan fingerprint density at radius 3 is 2.26 bits per heavy atom. The second kappa shape index (κ2) is 7.45. The number of hydrogen-bond acceptors (Lipinski definition) is 2. The maximum Gasteiger partial charge on any atom is 0.309 e. The highest BCUT2D eigenvalue weighted by molar-refractivity contribution is 5.86. The molecular formula is C31H48O3. The van der Waals surface area contributed by atoms with E-state index < -0.39 is 11.4 Å². The van der Waals surface area contributed by atoms with Gasteiger partial charge in [-0.3, -0.25) is 9.59 Å². The molecule has 5 aliphatic carbocycles. The van der Waals surface area contributed by atoms with Gasteiger partial charge >= 0.3 is 5.97 Å². The van der Waals surface area contributed by atoms with Crippen LogP contribution in [0.15, 0.2) is 12.2 Å². The predicted molar refractivity (Wildman–Crippen MR) is 136 cm³/mol. The fourth-order valence-corrected chi connectivity index (χ4v) is 11.6. The van der Waals surface area contributed by atoms with Crippen LogP contribution in [0.1, 0.15) is 112 Å². The van der Waals surface area contributed by atoms with Crippen LogP contribution in [0.4, 0.5) is 0 Å². The Morgan fingerprint density at radius 1 is 0.941 bits per heavy atom. The largest absolute Gasteiger partial charge is 0.481 e. The molecule has 4 unspecified atom stereocenters. The Bertz CT molecular complexity index is 922. The number of carboxylic acid groups (broad SMARTS) is 1. The van der Waals surface area contributed by atoms with Gasteiger partial charge in [-0.2, -0.15) is 0 Å². The van der Waals surface area contributed by atoms with Crippen LogP contribution in [0.2, 0.25) is 0 Å². The molecule has 190 valence electrons. The molecule has 3 heteroatoms. The molecule has 0 aromatic rings. The molecule has 5 aliphatic rings. The summed E-state index contributed by atoms with van der Waals surface area (Å²) in [6, 6.07) is 0. The standard InChI is InChI=1S/C31H48O3/c1-8-27(4)22-12-15-30(7)23(28(22,5)14-13-24(27)32)10-9-21-25-20(19(2)3)11-16-31(25,26(33)34)18-17-29(21,30)6/h20-23,25H,2,8-18H2,1,3-7H3,(H,33,34)/t20-,21?,22?,23?,25?,27-,28-,29+,30+,31-/m0/s1. The molecule has 5 fully saturated rings. The number of fused-ring (bicyclic) bond motifs is 7. The van der Waals surface area contributed by atoms with E-state index in [1.165, 1.54) is 18.4 Å².